The SMILES string of the molecule is C=CCOc1c(O)c2ccc(OCc3ccccc3)cc2[nH]c1=O. The number of ether oxygens (including phenoxy) is 2. The lowest BCUT2D eigenvalue weighted by molar-refractivity contribution is 0.306. The molecule has 0 fully saturated rings. The standard InChI is InChI=1S/C19H17NO4/c1-2-10-23-18-17(21)15-9-8-14(11-16(15)20-19(18)22)24-12-13-6-4-3-5-7-13/h2-9,11H,1,10,12H2,(H2,20,21,22). The molecule has 0 bridgehead atoms. The van der Waals surface area contributed by atoms with Crippen molar-refractivity contribution >= 4 is 10.9 Å². The summed E-state index contributed by atoms with van der Waals surface area (Å²) >= 11 is 0. The minimum atomic E-state index is -0.498. The predicted octanol–water partition coefficient (Wildman–Crippen LogP) is 3.38. The van der Waals surface area contributed by atoms with Crippen LogP contribution in [0.3, 0.4) is 0 Å². The first kappa shape index (κ1) is 15.7. The summed E-state index contributed by atoms with van der Waals surface area (Å²) in [6.45, 7) is 4.08. The number of hydrogen-bond donors (Lipinski definition) is 2. The number of aromatic nitrogens is 1. The Morgan fingerprint density at radius 3 is 2.67 bits per heavy atom. The van der Waals surface area contributed by atoms with Crippen LogP contribution in [0.2, 0.25) is 0 Å². The quantitative estimate of drug-likeness (QED) is 0.682. The van der Waals surface area contributed by atoms with Gasteiger partial charge in [0.05, 0.1) is 5.52 Å². The van der Waals surface area contributed by atoms with Gasteiger partial charge in [0, 0.05) is 11.5 Å². The van der Waals surface area contributed by atoms with Crippen molar-refractivity contribution < 1.29 is 14.6 Å². The van der Waals surface area contributed by atoms with E-state index in [4.69, 9.17) is 9.47 Å². The molecule has 2 aromatic carbocycles. The highest BCUT2D eigenvalue weighted by atomic mass is 16.5. The van der Waals surface area contributed by atoms with Gasteiger partial charge in [0.25, 0.3) is 5.56 Å². The van der Waals surface area contributed by atoms with Crippen LogP contribution >= 0.6 is 0 Å². The molecule has 5 nitrogen and oxygen atoms in total. The van der Waals surface area contributed by atoms with Gasteiger partial charge in [0.15, 0.2) is 5.75 Å². The Labute approximate surface area is 138 Å². The van der Waals surface area contributed by atoms with Gasteiger partial charge in [0.1, 0.15) is 19.0 Å². The lowest BCUT2D eigenvalue weighted by atomic mass is 10.2. The maximum absolute atomic E-state index is 12.0. The first-order chi connectivity index (χ1) is 11.7. The average molecular weight is 323 g/mol. The van der Waals surface area contributed by atoms with Crippen LogP contribution in [0.25, 0.3) is 10.9 Å². The maximum Gasteiger partial charge on any atom is 0.294 e. The van der Waals surface area contributed by atoms with E-state index in [9.17, 15) is 9.90 Å². The number of rotatable bonds is 6. The molecule has 0 radical (unpaired) electrons. The number of pyridine rings is 1. The van der Waals surface area contributed by atoms with Crippen molar-refractivity contribution in [1.82, 2.24) is 4.98 Å². The molecule has 2 N–H and O–H groups in total. The van der Waals surface area contributed by atoms with Crippen molar-refractivity contribution in [2.24, 2.45) is 0 Å². The van der Waals surface area contributed by atoms with Gasteiger partial charge in [-0.3, -0.25) is 4.79 Å². The summed E-state index contributed by atoms with van der Waals surface area (Å²) in [4.78, 5) is 14.7. The second-order valence-electron chi connectivity index (χ2n) is 5.21. The molecule has 122 valence electrons. The number of H-pyrrole nitrogens is 1. The molecule has 0 aliphatic carbocycles. The Bertz CT molecular complexity index is 916. The highest BCUT2D eigenvalue weighted by Gasteiger charge is 2.13. The average Bonchev–Trinajstić information content (AvgIpc) is 2.60. The Balaban J connectivity index is 1.88. The van der Waals surface area contributed by atoms with Crippen LogP contribution in [0, 0.1) is 0 Å². The van der Waals surface area contributed by atoms with Crippen molar-refractivity contribution in [3.63, 3.8) is 0 Å². The summed E-state index contributed by atoms with van der Waals surface area (Å²) in [5, 5.41) is 10.7. The predicted molar refractivity (Wildman–Crippen MR) is 92.7 cm³/mol. The summed E-state index contributed by atoms with van der Waals surface area (Å²) in [5.41, 5.74) is 1.03. The summed E-state index contributed by atoms with van der Waals surface area (Å²) in [7, 11) is 0. The minimum absolute atomic E-state index is 0.111. The number of nitrogens with one attached hydrogen (secondary N) is 1. The third-order valence-electron chi connectivity index (χ3n) is 3.51. The van der Waals surface area contributed by atoms with E-state index in [1.165, 1.54) is 6.08 Å². The van der Waals surface area contributed by atoms with Gasteiger partial charge < -0.3 is 19.6 Å². The Hall–Kier alpha value is -3.21. The van der Waals surface area contributed by atoms with Crippen LogP contribution in [0.15, 0.2) is 66.0 Å². The van der Waals surface area contributed by atoms with Crippen LogP contribution in [0.4, 0.5) is 0 Å². The molecule has 5 heteroatoms. The lowest BCUT2D eigenvalue weighted by Crippen LogP contribution is -2.11. The minimum Gasteiger partial charge on any atom is -0.504 e. The van der Waals surface area contributed by atoms with Crippen molar-refractivity contribution in [3.05, 3.63) is 77.1 Å². The third-order valence-corrected chi connectivity index (χ3v) is 3.51. The number of aromatic amines is 1. The molecule has 24 heavy (non-hydrogen) atoms. The molecule has 0 unspecified atom stereocenters. The highest BCUT2D eigenvalue weighted by Crippen LogP contribution is 2.32. The van der Waals surface area contributed by atoms with Gasteiger partial charge in [-0.25, -0.2) is 0 Å². The van der Waals surface area contributed by atoms with Crippen LogP contribution in [0.5, 0.6) is 17.2 Å². The number of benzene rings is 2. The monoisotopic (exact) mass is 323 g/mol. The number of hydrogen-bond acceptors (Lipinski definition) is 4. The third kappa shape index (κ3) is 3.25. The maximum atomic E-state index is 12.0. The first-order valence-electron chi connectivity index (χ1n) is 7.48. The molecular weight excluding hydrogens is 306 g/mol. The van der Waals surface area contributed by atoms with E-state index < -0.39 is 5.56 Å². The second-order valence-corrected chi connectivity index (χ2v) is 5.21. The molecule has 3 aromatic rings. The number of aromatic hydroxyl groups is 1. The van der Waals surface area contributed by atoms with Gasteiger partial charge in [-0.15, -0.1) is 0 Å². The molecule has 0 aliphatic heterocycles. The summed E-state index contributed by atoms with van der Waals surface area (Å²) in [6, 6.07) is 14.9. The fourth-order valence-corrected chi connectivity index (χ4v) is 2.35. The number of fused-ring (bicyclic) bond motifs is 1. The zero-order chi connectivity index (χ0) is 16.9. The zero-order valence-corrected chi connectivity index (χ0v) is 13.0. The molecule has 0 aliphatic rings. The van der Waals surface area contributed by atoms with Gasteiger partial charge >= 0.3 is 0 Å². The Morgan fingerprint density at radius 1 is 1.12 bits per heavy atom. The van der Waals surface area contributed by atoms with Gasteiger partial charge in [0.2, 0.25) is 5.75 Å². The summed E-state index contributed by atoms with van der Waals surface area (Å²) in [5.74, 6) is 0.298. The summed E-state index contributed by atoms with van der Waals surface area (Å²) < 4.78 is 10.9. The smallest absolute Gasteiger partial charge is 0.294 e. The molecule has 3 rings (SSSR count). The molecule has 0 saturated carbocycles. The molecule has 0 saturated heterocycles. The van der Waals surface area contributed by atoms with Crippen molar-refractivity contribution in [1.29, 1.82) is 0 Å². The Kier molecular flexibility index (Phi) is 4.52. The van der Waals surface area contributed by atoms with Gasteiger partial charge in [-0.05, 0) is 17.7 Å². The fraction of sp³-hybridized carbons (Fsp3) is 0.105. The zero-order valence-electron chi connectivity index (χ0n) is 13.0. The normalized spacial score (nSPS) is 10.5. The van der Waals surface area contributed by atoms with Crippen LogP contribution in [-0.4, -0.2) is 16.7 Å². The van der Waals surface area contributed by atoms with Gasteiger partial charge in [-0.1, -0.05) is 43.0 Å². The molecule has 0 amide bonds. The molecule has 0 atom stereocenters. The lowest BCUT2D eigenvalue weighted by Gasteiger charge is -2.10. The van der Waals surface area contributed by atoms with Crippen molar-refractivity contribution in [2.45, 2.75) is 6.61 Å². The van der Waals surface area contributed by atoms with E-state index >= 15 is 0 Å². The summed E-state index contributed by atoms with van der Waals surface area (Å²) in [6.07, 6.45) is 1.50. The van der Waals surface area contributed by atoms with Crippen molar-refractivity contribution in [2.75, 3.05) is 6.61 Å². The molecule has 0 spiro atoms. The van der Waals surface area contributed by atoms with Gasteiger partial charge in [-0.2, -0.15) is 0 Å². The van der Waals surface area contributed by atoms with Crippen LogP contribution < -0.4 is 15.0 Å². The molecule has 1 heterocycles. The van der Waals surface area contributed by atoms with E-state index in [0.29, 0.717) is 23.3 Å². The second kappa shape index (κ2) is 6.91. The van der Waals surface area contributed by atoms with E-state index in [1.807, 2.05) is 30.3 Å². The van der Waals surface area contributed by atoms with Crippen LogP contribution in [0.1, 0.15) is 5.56 Å². The highest BCUT2D eigenvalue weighted by molar-refractivity contribution is 5.87. The van der Waals surface area contributed by atoms with Crippen molar-refractivity contribution in [3.8, 4) is 17.2 Å². The van der Waals surface area contributed by atoms with Crippen LogP contribution in [-0.2, 0) is 6.61 Å². The fourth-order valence-electron chi connectivity index (χ4n) is 2.35. The topological polar surface area (TPSA) is 71.5 Å². The van der Waals surface area contributed by atoms with E-state index in [1.54, 1.807) is 18.2 Å². The molecule has 1 aromatic heterocycles. The Morgan fingerprint density at radius 2 is 1.92 bits per heavy atom. The first-order valence-corrected chi connectivity index (χ1v) is 7.48. The van der Waals surface area contributed by atoms with E-state index in [2.05, 4.69) is 11.6 Å². The molecular formula is C19H17NO4. The largest absolute Gasteiger partial charge is 0.504 e. The van der Waals surface area contributed by atoms with E-state index in [0.717, 1.165) is 5.56 Å². The van der Waals surface area contributed by atoms with E-state index in [-0.39, 0.29) is 18.1 Å².